The van der Waals surface area contributed by atoms with Gasteiger partial charge in [-0.1, -0.05) is 0 Å². The van der Waals surface area contributed by atoms with Crippen molar-refractivity contribution in [1.29, 1.82) is 0 Å². The molecule has 14 heavy (non-hydrogen) atoms. The normalized spacial score (nSPS) is 10.0. The number of phenolic OH excluding ortho intramolecular Hbond substituents is 2. The summed E-state index contributed by atoms with van der Waals surface area (Å²) in [6, 6.07) is 0. The molecule has 5 heteroatoms. The fraction of sp³-hybridized carbons (Fsp3) is 0.333. The molecular weight excluding hydrogens is 252 g/mol. The van der Waals surface area contributed by atoms with Crippen molar-refractivity contribution in [2.75, 3.05) is 14.2 Å². The number of benzene rings is 1. The van der Waals surface area contributed by atoms with Crippen LogP contribution in [0.15, 0.2) is 4.47 Å². The first-order valence-electron chi connectivity index (χ1n) is 3.86. The maximum Gasteiger partial charge on any atom is 0.208 e. The van der Waals surface area contributed by atoms with Gasteiger partial charge >= 0.3 is 0 Å². The van der Waals surface area contributed by atoms with Crippen LogP contribution in [0.3, 0.4) is 0 Å². The zero-order valence-electron chi connectivity index (χ0n) is 8.09. The number of hydrogen-bond acceptors (Lipinski definition) is 4. The number of phenols is 2. The number of rotatable bonds is 2. The average Bonchev–Trinajstić information content (AvgIpc) is 2.20. The molecule has 0 fully saturated rings. The molecule has 0 unspecified atom stereocenters. The fourth-order valence-corrected chi connectivity index (χ4v) is 1.51. The van der Waals surface area contributed by atoms with E-state index in [4.69, 9.17) is 9.47 Å². The van der Waals surface area contributed by atoms with Crippen LogP contribution in [0, 0.1) is 6.92 Å². The Labute approximate surface area is 90.2 Å². The zero-order chi connectivity index (χ0) is 10.9. The van der Waals surface area contributed by atoms with E-state index in [-0.39, 0.29) is 23.0 Å². The molecule has 0 atom stereocenters. The fourth-order valence-electron chi connectivity index (χ4n) is 1.15. The van der Waals surface area contributed by atoms with Crippen molar-refractivity contribution >= 4 is 15.9 Å². The summed E-state index contributed by atoms with van der Waals surface area (Å²) in [7, 11) is 2.78. The van der Waals surface area contributed by atoms with Gasteiger partial charge in [0.15, 0.2) is 11.5 Å². The van der Waals surface area contributed by atoms with Gasteiger partial charge in [-0.05, 0) is 22.9 Å². The van der Waals surface area contributed by atoms with Crippen molar-refractivity contribution in [2.24, 2.45) is 0 Å². The van der Waals surface area contributed by atoms with Crippen LogP contribution in [0.5, 0.6) is 23.0 Å². The van der Waals surface area contributed by atoms with Crippen molar-refractivity contribution < 1.29 is 19.7 Å². The van der Waals surface area contributed by atoms with E-state index in [2.05, 4.69) is 15.9 Å². The summed E-state index contributed by atoms with van der Waals surface area (Å²) in [6.45, 7) is 1.65. The van der Waals surface area contributed by atoms with E-state index in [1.165, 1.54) is 14.2 Å². The molecule has 78 valence electrons. The van der Waals surface area contributed by atoms with Gasteiger partial charge in [-0.15, -0.1) is 0 Å². The monoisotopic (exact) mass is 262 g/mol. The molecule has 0 bridgehead atoms. The highest BCUT2D eigenvalue weighted by Gasteiger charge is 2.21. The second-order valence-electron chi connectivity index (χ2n) is 2.70. The molecule has 1 aromatic carbocycles. The van der Waals surface area contributed by atoms with Crippen LogP contribution in [0.1, 0.15) is 5.56 Å². The van der Waals surface area contributed by atoms with E-state index >= 15 is 0 Å². The van der Waals surface area contributed by atoms with Crippen molar-refractivity contribution in [3.8, 4) is 23.0 Å². The first-order chi connectivity index (χ1) is 6.54. The van der Waals surface area contributed by atoms with Gasteiger partial charge in [0.2, 0.25) is 11.5 Å². The van der Waals surface area contributed by atoms with Crippen molar-refractivity contribution in [2.45, 2.75) is 6.92 Å². The minimum Gasteiger partial charge on any atom is -0.504 e. The first kappa shape index (κ1) is 11.0. The Balaban J connectivity index is 3.57. The van der Waals surface area contributed by atoms with E-state index < -0.39 is 0 Å². The molecule has 0 aromatic heterocycles. The molecule has 0 aliphatic rings. The average molecular weight is 263 g/mol. The van der Waals surface area contributed by atoms with Crippen LogP contribution < -0.4 is 9.47 Å². The number of ether oxygens (including phenoxy) is 2. The molecule has 1 rings (SSSR count). The van der Waals surface area contributed by atoms with E-state index in [1.54, 1.807) is 6.92 Å². The molecule has 0 heterocycles. The Morgan fingerprint density at radius 3 is 1.86 bits per heavy atom. The molecule has 0 saturated carbocycles. The lowest BCUT2D eigenvalue weighted by molar-refractivity contribution is 0.314. The number of hydrogen-bond donors (Lipinski definition) is 2. The Morgan fingerprint density at radius 1 is 1.00 bits per heavy atom. The minimum absolute atomic E-state index is 0.0472. The highest BCUT2D eigenvalue weighted by molar-refractivity contribution is 9.10. The molecule has 1 aromatic rings. The molecule has 0 amide bonds. The molecule has 4 nitrogen and oxygen atoms in total. The lowest BCUT2D eigenvalue weighted by Gasteiger charge is -2.14. The van der Waals surface area contributed by atoms with Gasteiger partial charge in [-0.25, -0.2) is 0 Å². The summed E-state index contributed by atoms with van der Waals surface area (Å²) in [6.07, 6.45) is 0. The summed E-state index contributed by atoms with van der Waals surface area (Å²) in [5.41, 5.74) is 0.500. The summed E-state index contributed by atoms with van der Waals surface area (Å²) in [4.78, 5) is 0. The topological polar surface area (TPSA) is 58.9 Å². The summed E-state index contributed by atoms with van der Waals surface area (Å²) in [5.74, 6) is 0.113. The Bertz CT molecular complexity index is 328. The standard InChI is InChI=1S/C9H11BrO4/c1-4-5(10)7(12)9(14-3)8(13-2)6(4)11/h11-12H,1-3H3. The summed E-state index contributed by atoms with van der Waals surface area (Å²) < 4.78 is 10.2. The molecule has 0 spiro atoms. The van der Waals surface area contributed by atoms with Gasteiger partial charge < -0.3 is 19.7 Å². The lowest BCUT2D eigenvalue weighted by atomic mass is 10.2. The van der Waals surface area contributed by atoms with E-state index in [0.717, 1.165) is 0 Å². The van der Waals surface area contributed by atoms with Gasteiger partial charge in [0, 0.05) is 5.56 Å². The predicted octanol–water partition coefficient (Wildman–Crippen LogP) is 2.19. The molecular formula is C9H11BrO4. The van der Waals surface area contributed by atoms with Crippen LogP contribution in [0.25, 0.3) is 0 Å². The number of methoxy groups -OCH3 is 2. The van der Waals surface area contributed by atoms with Gasteiger partial charge in [0.1, 0.15) is 0 Å². The lowest BCUT2D eigenvalue weighted by Crippen LogP contribution is -1.94. The Hall–Kier alpha value is -1.10. The Kier molecular flexibility index (Phi) is 3.10. The minimum atomic E-state index is -0.0837. The van der Waals surface area contributed by atoms with Gasteiger partial charge in [-0.3, -0.25) is 0 Å². The van der Waals surface area contributed by atoms with Crippen LogP contribution >= 0.6 is 15.9 Å². The second kappa shape index (κ2) is 3.96. The third-order valence-electron chi connectivity index (χ3n) is 1.94. The molecule has 0 aliphatic heterocycles. The highest BCUT2D eigenvalue weighted by atomic mass is 79.9. The van der Waals surface area contributed by atoms with E-state index in [1.807, 2.05) is 0 Å². The van der Waals surface area contributed by atoms with Crippen molar-refractivity contribution in [3.63, 3.8) is 0 Å². The molecule has 2 N–H and O–H groups in total. The smallest absolute Gasteiger partial charge is 0.208 e. The van der Waals surface area contributed by atoms with Crippen LogP contribution in [0.4, 0.5) is 0 Å². The third-order valence-corrected chi connectivity index (χ3v) is 2.91. The third kappa shape index (κ3) is 1.48. The van der Waals surface area contributed by atoms with Crippen LogP contribution in [0.2, 0.25) is 0 Å². The van der Waals surface area contributed by atoms with E-state index in [9.17, 15) is 10.2 Å². The largest absolute Gasteiger partial charge is 0.504 e. The zero-order valence-corrected chi connectivity index (χ0v) is 9.67. The van der Waals surface area contributed by atoms with Gasteiger partial charge in [-0.2, -0.15) is 0 Å². The maximum absolute atomic E-state index is 9.67. The SMILES string of the molecule is COc1c(O)c(C)c(Br)c(O)c1OC. The van der Waals surface area contributed by atoms with Gasteiger partial charge in [0.25, 0.3) is 0 Å². The summed E-state index contributed by atoms with van der Waals surface area (Å²) in [5, 5.41) is 19.3. The molecule has 0 radical (unpaired) electrons. The van der Waals surface area contributed by atoms with Gasteiger partial charge in [0.05, 0.1) is 18.7 Å². The first-order valence-corrected chi connectivity index (χ1v) is 4.65. The number of halogens is 1. The van der Waals surface area contributed by atoms with Crippen molar-refractivity contribution in [3.05, 3.63) is 10.0 Å². The Morgan fingerprint density at radius 2 is 1.43 bits per heavy atom. The number of aromatic hydroxyl groups is 2. The van der Waals surface area contributed by atoms with E-state index in [0.29, 0.717) is 10.0 Å². The maximum atomic E-state index is 9.67. The van der Waals surface area contributed by atoms with Crippen LogP contribution in [-0.2, 0) is 0 Å². The summed E-state index contributed by atoms with van der Waals surface area (Å²) >= 11 is 3.14. The molecule has 0 aliphatic carbocycles. The molecule has 0 saturated heterocycles. The predicted molar refractivity (Wildman–Crippen MR) is 55.3 cm³/mol. The second-order valence-corrected chi connectivity index (χ2v) is 3.50. The quantitative estimate of drug-likeness (QED) is 0.803. The van der Waals surface area contributed by atoms with Crippen LogP contribution in [-0.4, -0.2) is 24.4 Å². The van der Waals surface area contributed by atoms with Crippen molar-refractivity contribution in [1.82, 2.24) is 0 Å². The highest BCUT2D eigenvalue weighted by Crippen LogP contribution is 2.50.